The second kappa shape index (κ2) is 6.56. The number of rotatable bonds is 4. The normalized spacial score (nSPS) is 29.2. The van der Waals surface area contributed by atoms with Crippen LogP contribution in [0.25, 0.3) is 0 Å². The number of anilines is 1. The Kier molecular flexibility index (Phi) is 4.30. The molecule has 1 aromatic carbocycles. The smallest absolute Gasteiger partial charge is 0.326 e. The van der Waals surface area contributed by atoms with Crippen LogP contribution in [0.15, 0.2) is 47.1 Å². The van der Waals surface area contributed by atoms with Gasteiger partial charge in [0.25, 0.3) is 0 Å². The van der Waals surface area contributed by atoms with Crippen molar-refractivity contribution in [3.05, 3.63) is 54.2 Å². The number of hydrogen-bond acceptors (Lipinski definition) is 6. The minimum absolute atomic E-state index is 0.142. The van der Waals surface area contributed by atoms with Gasteiger partial charge in [-0.2, -0.15) is 0 Å². The lowest BCUT2D eigenvalue weighted by Gasteiger charge is -2.28. The first-order valence-corrected chi connectivity index (χ1v) is 9.00. The molecule has 3 heterocycles. The number of amides is 2. The van der Waals surface area contributed by atoms with Gasteiger partial charge < -0.3 is 9.15 Å². The highest BCUT2D eigenvalue weighted by atomic mass is 19.1. The van der Waals surface area contributed by atoms with Crippen LogP contribution in [0.2, 0.25) is 0 Å². The van der Waals surface area contributed by atoms with Crippen LogP contribution in [-0.4, -0.2) is 29.9 Å². The second-order valence-electron chi connectivity index (χ2n) is 7.05. The van der Waals surface area contributed by atoms with Gasteiger partial charge in [0.2, 0.25) is 11.8 Å². The largest absolute Gasteiger partial charge is 0.468 e. The molecule has 0 unspecified atom stereocenters. The van der Waals surface area contributed by atoms with Crippen molar-refractivity contribution in [2.75, 3.05) is 11.5 Å². The summed E-state index contributed by atoms with van der Waals surface area (Å²) in [5.41, 5.74) is -1.14. The van der Waals surface area contributed by atoms with Gasteiger partial charge in [-0.3, -0.25) is 19.7 Å². The maximum absolute atomic E-state index is 13.3. The topological polar surface area (TPSA) is 88.8 Å². The summed E-state index contributed by atoms with van der Waals surface area (Å²) in [6.45, 7) is 3.37. The maximum Gasteiger partial charge on any atom is 0.326 e. The van der Waals surface area contributed by atoms with Crippen molar-refractivity contribution < 1.29 is 27.9 Å². The van der Waals surface area contributed by atoms with Crippen LogP contribution >= 0.6 is 0 Å². The Morgan fingerprint density at radius 1 is 1.25 bits per heavy atom. The standard InChI is InChI=1S/C20H19FN2O5/c1-3-27-19(26)20(2)15-14(16(22-20)13-5-4-10-28-13)17(24)23(18(15)25)12-8-6-11(21)7-9-12/h4-10,14-16,22H,3H2,1-2H3/t14-,15+,16-,20-/m0/s1. The van der Waals surface area contributed by atoms with Crippen molar-refractivity contribution in [3.63, 3.8) is 0 Å². The van der Waals surface area contributed by atoms with Crippen molar-refractivity contribution in [2.24, 2.45) is 11.8 Å². The first-order chi connectivity index (χ1) is 13.4. The van der Waals surface area contributed by atoms with Crippen molar-refractivity contribution >= 4 is 23.5 Å². The lowest BCUT2D eigenvalue weighted by atomic mass is 9.81. The first kappa shape index (κ1) is 18.4. The number of carbonyl (C=O) groups excluding carboxylic acids is 3. The Balaban J connectivity index is 1.80. The van der Waals surface area contributed by atoms with Gasteiger partial charge in [0.05, 0.1) is 36.4 Å². The highest BCUT2D eigenvalue weighted by Crippen LogP contribution is 2.50. The van der Waals surface area contributed by atoms with E-state index in [1.54, 1.807) is 26.0 Å². The number of halogens is 1. The van der Waals surface area contributed by atoms with E-state index < -0.39 is 47.0 Å². The van der Waals surface area contributed by atoms with Gasteiger partial charge in [0.1, 0.15) is 17.1 Å². The van der Waals surface area contributed by atoms with Gasteiger partial charge in [0, 0.05) is 0 Å². The molecular weight excluding hydrogens is 367 g/mol. The van der Waals surface area contributed by atoms with Crippen LogP contribution in [0.4, 0.5) is 10.1 Å². The lowest BCUT2D eigenvalue weighted by Crippen LogP contribution is -2.54. The molecule has 1 aromatic heterocycles. The molecule has 0 radical (unpaired) electrons. The Bertz CT molecular complexity index is 927. The molecule has 7 nitrogen and oxygen atoms in total. The highest BCUT2D eigenvalue weighted by molar-refractivity contribution is 6.24. The van der Waals surface area contributed by atoms with E-state index in [0.717, 1.165) is 4.90 Å². The van der Waals surface area contributed by atoms with E-state index in [1.165, 1.54) is 30.5 Å². The predicted octanol–water partition coefficient (Wildman–Crippen LogP) is 2.19. The number of esters is 1. The van der Waals surface area contributed by atoms with Crippen molar-refractivity contribution in [3.8, 4) is 0 Å². The third-order valence-electron chi connectivity index (χ3n) is 5.42. The Hall–Kier alpha value is -3.00. The summed E-state index contributed by atoms with van der Waals surface area (Å²) in [5.74, 6) is -3.46. The SMILES string of the molecule is CCOC(=O)[C@@]1(C)N[C@@H](c2ccco2)[C@H]2C(=O)N(c3ccc(F)cc3)C(=O)[C@@H]21. The molecule has 2 aromatic rings. The van der Waals surface area contributed by atoms with Gasteiger partial charge in [-0.05, 0) is 50.2 Å². The summed E-state index contributed by atoms with van der Waals surface area (Å²) in [6.07, 6.45) is 1.46. The number of fused-ring (bicyclic) bond motifs is 1. The number of ether oxygens (including phenoxy) is 1. The molecule has 28 heavy (non-hydrogen) atoms. The quantitative estimate of drug-likeness (QED) is 0.640. The molecule has 0 bridgehead atoms. The fourth-order valence-corrected chi connectivity index (χ4v) is 4.16. The fraction of sp³-hybridized carbons (Fsp3) is 0.350. The Morgan fingerprint density at radius 3 is 2.57 bits per heavy atom. The summed E-state index contributed by atoms with van der Waals surface area (Å²) in [6, 6.07) is 7.77. The van der Waals surface area contributed by atoms with E-state index in [4.69, 9.17) is 9.15 Å². The average molecular weight is 386 g/mol. The van der Waals surface area contributed by atoms with Crippen LogP contribution in [0.3, 0.4) is 0 Å². The van der Waals surface area contributed by atoms with Crippen LogP contribution in [-0.2, 0) is 19.1 Å². The van der Waals surface area contributed by atoms with Crippen molar-refractivity contribution in [2.45, 2.75) is 25.4 Å². The summed E-state index contributed by atoms with van der Waals surface area (Å²) in [7, 11) is 0. The molecule has 0 saturated carbocycles. The van der Waals surface area contributed by atoms with E-state index in [2.05, 4.69) is 5.32 Å². The Labute approximate surface area is 160 Å². The minimum Gasteiger partial charge on any atom is -0.468 e. The summed E-state index contributed by atoms with van der Waals surface area (Å²) < 4.78 is 23.9. The molecule has 2 amide bonds. The molecule has 2 saturated heterocycles. The number of imide groups is 1. The summed E-state index contributed by atoms with van der Waals surface area (Å²) in [5, 5.41) is 3.10. The molecule has 4 rings (SSSR count). The second-order valence-corrected chi connectivity index (χ2v) is 7.05. The molecule has 0 spiro atoms. The zero-order valence-electron chi connectivity index (χ0n) is 15.3. The van der Waals surface area contributed by atoms with Gasteiger partial charge in [-0.1, -0.05) is 0 Å². The van der Waals surface area contributed by atoms with Crippen LogP contribution in [0.1, 0.15) is 25.6 Å². The maximum atomic E-state index is 13.3. The molecule has 1 N–H and O–H groups in total. The molecule has 2 fully saturated rings. The monoisotopic (exact) mass is 386 g/mol. The van der Waals surface area contributed by atoms with E-state index >= 15 is 0 Å². The van der Waals surface area contributed by atoms with E-state index in [0.29, 0.717) is 5.76 Å². The molecule has 0 aliphatic carbocycles. The number of furan rings is 1. The van der Waals surface area contributed by atoms with Crippen LogP contribution < -0.4 is 10.2 Å². The van der Waals surface area contributed by atoms with E-state index in [1.807, 2.05) is 0 Å². The predicted molar refractivity (Wildman–Crippen MR) is 95.5 cm³/mol. The van der Waals surface area contributed by atoms with Crippen molar-refractivity contribution in [1.82, 2.24) is 5.32 Å². The zero-order chi connectivity index (χ0) is 20.1. The van der Waals surface area contributed by atoms with Gasteiger partial charge in [-0.15, -0.1) is 0 Å². The number of nitrogens with one attached hydrogen (secondary N) is 1. The van der Waals surface area contributed by atoms with Crippen molar-refractivity contribution in [1.29, 1.82) is 0 Å². The number of nitrogens with zero attached hydrogens (tertiary/aromatic N) is 1. The molecule has 2 aliphatic rings. The summed E-state index contributed by atoms with van der Waals surface area (Å²) in [4.78, 5) is 40.2. The van der Waals surface area contributed by atoms with Gasteiger partial charge in [0.15, 0.2) is 0 Å². The summed E-state index contributed by atoms with van der Waals surface area (Å²) >= 11 is 0. The third kappa shape index (κ3) is 2.56. The third-order valence-corrected chi connectivity index (χ3v) is 5.42. The minimum atomic E-state index is -1.40. The van der Waals surface area contributed by atoms with Crippen LogP contribution in [0.5, 0.6) is 0 Å². The number of hydrogen-bond donors (Lipinski definition) is 1. The lowest BCUT2D eigenvalue weighted by molar-refractivity contribution is -0.153. The molecule has 2 aliphatic heterocycles. The van der Waals surface area contributed by atoms with E-state index in [-0.39, 0.29) is 12.3 Å². The number of carbonyl (C=O) groups is 3. The van der Waals surface area contributed by atoms with E-state index in [9.17, 15) is 18.8 Å². The van der Waals surface area contributed by atoms with Crippen LogP contribution in [0, 0.1) is 17.7 Å². The molecular formula is C20H19FN2O5. The molecule has 8 heteroatoms. The molecule has 4 atom stereocenters. The first-order valence-electron chi connectivity index (χ1n) is 9.00. The zero-order valence-corrected chi connectivity index (χ0v) is 15.3. The fourth-order valence-electron chi connectivity index (χ4n) is 4.16. The Morgan fingerprint density at radius 2 is 1.96 bits per heavy atom. The average Bonchev–Trinajstić information content (AvgIpc) is 3.35. The van der Waals surface area contributed by atoms with Gasteiger partial charge >= 0.3 is 5.97 Å². The van der Waals surface area contributed by atoms with Gasteiger partial charge in [-0.25, -0.2) is 9.29 Å². The molecule has 146 valence electrons. The highest BCUT2D eigenvalue weighted by Gasteiger charge is 2.67. The number of benzene rings is 1.